The number of sulfonamides is 1. The molecule has 1 amide bonds. The van der Waals surface area contributed by atoms with E-state index in [1.165, 1.54) is 28.6 Å². The lowest BCUT2D eigenvalue weighted by molar-refractivity contribution is -0.137. The maximum atomic E-state index is 13.5. The van der Waals surface area contributed by atoms with E-state index in [1.54, 1.807) is 29.2 Å². The molecule has 29 heavy (non-hydrogen) atoms. The van der Waals surface area contributed by atoms with Crippen molar-refractivity contribution in [1.82, 2.24) is 9.21 Å². The van der Waals surface area contributed by atoms with Crippen LogP contribution >= 0.6 is 11.6 Å². The van der Waals surface area contributed by atoms with E-state index in [0.717, 1.165) is 0 Å². The van der Waals surface area contributed by atoms with Crippen LogP contribution < -0.4 is 0 Å². The highest BCUT2D eigenvalue weighted by Crippen LogP contribution is 2.26. The molecule has 0 aliphatic carbocycles. The molecule has 0 aromatic heterocycles. The van der Waals surface area contributed by atoms with E-state index >= 15 is 0 Å². The first-order valence-electron chi connectivity index (χ1n) is 9.60. The monoisotopic (exact) mass is 438 g/mol. The Morgan fingerprint density at radius 3 is 2.62 bits per heavy atom. The fraction of sp³-hybridized carbons (Fsp3) is 0.381. The van der Waals surface area contributed by atoms with Gasteiger partial charge in [0.05, 0.1) is 10.8 Å². The molecule has 0 bridgehead atoms. The van der Waals surface area contributed by atoms with Gasteiger partial charge >= 0.3 is 0 Å². The molecule has 1 aliphatic heterocycles. The van der Waals surface area contributed by atoms with Crippen molar-refractivity contribution >= 4 is 27.5 Å². The van der Waals surface area contributed by atoms with Crippen LogP contribution in [0.1, 0.15) is 25.3 Å². The second-order valence-electron chi connectivity index (χ2n) is 7.14. The molecule has 1 saturated heterocycles. The Kier molecular flexibility index (Phi) is 6.93. The number of carbonyl (C=O) groups is 1. The molecule has 1 fully saturated rings. The van der Waals surface area contributed by atoms with Crippen molar-refractivity contribution in [1.29, 1.82) is 0 Å². The quantitative estimate of drug-likeness (QED) is 0.686. The van der Waals surface area contributed by atoms with Crippen LogP contribution in [-0.4, -0.2) is 43.2 Å². The predicted octanol–water partition coefficient (Wildman–Crippen LogP) is 3.93. The zero-order valence-corrected chi connectivity index (χ0v) is 17.8. The molecule has 8 heteroatoms. The molecule has 1 atom stereocenters. The number of halogens is 2. The van der Waals surface area contributed by atoms with Crippen molar-refractivity contribution in [3.05, 3.63) is 64.9 Å². The molecule has 0 spiro atoms. The number of benzene rings is 2. The van der Waals surface area contributed by atoms with Gasteiger partial charge in [-0.25, -0.2) is 12.8 Å². The number of hydrogen-bond acceptors (Lipinski definition) is 3. The van der Waals surface area contributed by atoms with Gasteiger partial charge in [-0.15, -0.1) is 0 Å². The molecule has 156 valence electrons. The van der Waals surface area contributed by atoms with Crippen LogP contribution in [-0.2, 0) is 21.4 Å². The van der Waals surface area contributed by atoms with Crippen LogP contribution in [0, 0.1) is 11.7 Å². The summed E-state index contributed by atoms with van der Waals surface area (Å²) in [6.45, 7) is 3.15. The van der Waals surface area contributed by atoms with Crippen LogP contribution in [0.3, 0.4) is 0 Å². The van der Waals surface area contributed by atoms with Gasteiger partial charge in [-0.2, -0.15) is 4.31 Å². The Morgan fingerprint density at radius 2 is 1.97 bits per heavy atom. The number of carbonyl (C=O) groups excluding carboxylic acids is 1. The smallest absolute Gasteiger partial charge is 0.243 e. The second-order valence-corrected chi connectivity index (χ2v) is 9.51. The Labute approximate surface area is 176 Å². The second kappa shape index (κ2) is 9.24. The molecule has 0 N–H and O–H groups in total. The molecular formula is C21H24ClFN2O3S. The normalized spacial score (nSPS) is 17.8. The lowest BCUT2D eigenvalue weighted by Crippen LogP contribution is -2.46. The molecule has 1 heterocycles. The summed E-state index contributed by atoms with van der Waals surface area (Å²) in [5, 5.41) is 0.464. The zero-order valence-electron chi connectivity index (χ0n) is 16.2. The van der Waals surface area contributed by atoms with E-state index in [-0.39, 0.29) is 23.2 Å². The summed E-state index contributed by atoms with van der Waals surface area (Å²) >= 11 is 5.86. The highest BCUT2D eigenvalue weighted by atomic mass is 35.5. The number of amides is 1. The lowest BCUT2D eigenvalue weighted by Gasteiger charge is -2.34. The first-order valence-corrected chi connectivity index (χ1v) is 11.4. The lowest BCUT2D eigenvalue weighted by atomic mass is 9.98. The molecule has 2 aromatic rings. The topological polar surface area (TPSA) is 57.7 Å². The molecule has 2 aromatic carbocycles. The van der Waals surface area contributed by atoms with Crippen molar-refractivity contribution in [3.8, 4) is 0 Å². The van der Waals surface area contributed by atoms with Gasteiger partial charge < -0.3 is 4.90 Å². The van der Waals surface area contributed by atoms with E-state index in [9.17, 15) is 17.6 Å². The van der Waals surface area contributed by atoms with Crippen LogP contribution in [0.15, 0.2) is 53.4 Å². The summed E-state index contributed by atoms with van der Waals surface area (Å²) in [5.74, 6) is -0.865. The van der Waals surface area contributed by atoms with Crippen molar-refractivity contribution in [2.45, 2.75) is 31.2 Å². The average molecular weight is 439 g/mol. The van der Waals surface area contributed by atoms with E-state index in [4.69, 9.17) is 11.6 Å². The standard InChI is InChI=1S/C21H24ClFN2O3S/c1-2-24(14-16-5-3-7-19(23)13-16)21(26)17-6-4-12-25(15-17)29(27,28)20-10-8-18(22)9-11-20/h3,5,7-11,13,17H,2,4,6,12,14-15H2,1H3. The third-order valence-corrected chi connectivity index (χ3v) is 7.27. The van der Waals surface area contributed by atoms with Gasteiger partial charge in [0.15, 0.2) is 0 Å². The van der Waals surface area contributed by atoms with Crippen molar-refractivity contribution in [2.24, 2.45) is 5.92 Å². The van der Waals surface area contributed by atoms with Crippen LogP contribution in [0.5, 0.6) is 0 Å². The molecule has 0 saturated carbocycles. The van der Waals surface area contributed by atoms with Crippen molar-refractivity contribution in [2.75, 3.05) is 19.6 Å². The minimum Gasteiger partial charge on any atom is -0.338 e. The Morgan fingerprint density at radius 1 is 1.24 bits per heavy atom. The Bertz CT molecular complexity index is 966. The number of hydrogen-bond donors (Lipinski definition) is 0. The summed E-state index contributed by atoms with van der Waals surface area (Å²) in [5.41, 5.74) is 0.710. The summed E-state index contributed by atoms with van der Waals surface area (Å²) in [6.07, 6.45) is 1.24. The van der Waals surface area contributed by atoms with E-state index < -0.39 is 15.9 Å². The van der Waals surface area contributed by atoms with Gasteiger partial charge in [0.1, 0.15) is 5.82 Å². The Hall–Kier alpha value is -1.96. The fourth-order valence-corrected chi connectivity index (χ4v) is 5.23. The highest BCUT2D eigenvalue weighted by Gasteiger charge is 2.34. The molecule has 1 aliphatic rings. The van der Waals surface area contributed by atoms with Gasteiger partial charge in [0.2, 0.25) is 15.9 Å². The third-order valence-electron chi connectivity index (χ3n) is 5.14. The molecule has 3 rings (SSSR count). The van der Waals surface area contributed by atoms with Crippen molar-refractivity contribution in [3.63, 3.8) is 0 Å². The fourth-order valence-electron chi connectivity index (χ4n) is 3.58. The number of rotatable bonds is 6. The number of piperidine rings is 1. The third kappa shape index (κ3) is 5.15. The van der Waals surface area contributed by atoms with Crippen LogP contribution in [0.25, 0.3) is 0 Å². The van der Waals surface area contributed by atoms with E-state index in [1.807, 2.05) is 6.92 Å². The molecule has 1 unspecified atom stereocenters. The average Bonchev–Trinajstić information content (AvgIpc) is 2.72. The van der Waals surface area contributed by atoms with Crippen molar-refractivity contribution < 1.29 is 17.6 Å². The zero-order chi connectivity index (χ0) is 21.0. The largest absolute Gasteiger partial charge is 0.338 e. The summed E-state index contributed by atoms with van der Waals surface area (Å²) in [7, 11) is -3.69. The minimum absolute atomic E-state index is 0.104. The van der Waals surface area contributed by atoms with Gasteiger partial charge in [-0.3, -0.25) is 4.79 Å². The molecule has 5 nitrogen and oxygen atoms in total. The summed E-state index contributed by atoms with van der Waals surface area (Å²) in [6, 6.07) is 12.2. The first kappa shape index (κ1) is 21.7. The molecule has 0 radical (unpaired) electrons. The van der Waals surface area contributed by atoms with Gasteiger partial charge in [0, 0.05) is 31.2 Å². The van der Waals surface area contributed by atoms with Gasteiger partial charge in [0.25, 0.3) is 0 Å². The Balaban J connectivity index is 1.73. The summed E-state index contributed by atoms with van der Waals surface area (Å²) < 4.78 is 40.7. The maximum Gasteiger partial charge on any atom is 0.243 e. The molecular weight excluding hydrogens is 415 g/mol. The van der Waals surface area contributed by atoms with Gasteiger partial charge in [-0.05, 0) is 61.7 Å². The minimum atomic E-state index is -3.69. The predicted molar refractivity (Wildman–Crippen MR) is 110 cm³/mol. The van der Waals surface area contributed by atoms with E-state index in [2.05, 4.69) is 0 Å². The van der Waals surface area contributed by atoms with Crippen LogP contribution in [0.4, 0.5) is 4.39 Å². The highest BCUT2D eigenvalue weighted by molar-refractivity contribution is 7.89. The number of nitrogens with zero attached hydrogens (tertiary/aromatic N) is 2. The van der Waals surface area contributed by atoms with E-state index in [0.29, 0.717) is 43.1 Å². The first-order chi connectivity index (χ1) is 13.8. The van der Waals surface area contributed by atoms with Crippen LogP contribution in [0.2, 0.25) is 5.02 Å². The maximum absolute atomic E-state index is 13.5. The van der Waals surface area contributed by atoms with Gasteiger partial charge in [-0.1, -0.05) is 23.7 Å². The SMILES string of the molecule is CCN(Cc1cccc(F)c1)C(=O)C1CCCN(S(=O)(=O)c2ccc(Cl)cc2)C1. The summed E-state index contributed by atoms with van der Waals surface area (Å²) in [4.78, 5) is 14.9.